The lowest BCUT2D eigenvalue weighted by Crippen LogP contribution is -2.67. The second-order valence-corrected chi connectivity index (χ2v) is 7.30. The van der Waals surface area contributed by atoms with Crippen molar-refractivity contribution in [2.45, 2.75) is 44.4 Å². The highest BCUT2D eigenvalue weighted by molar-refractivity contribution is 5.93. The number of pyridine rings is 1. The third kappa shape index (κ3) is 2.33. The van der Waals surface area contributed by atoms with E-state index in [1.165, 1.54) is 6.20 Å². The molecule has 7 heteroatoms. The number of hydrogen-bond acceptors (Lipinski definition) is 4. The minimum absolute atomic E-state index is 0.0768. The Bertz CT molecular complexity index is 962. The fourth-order valence-electron chi connectivity index (χ4n) is 3.52. The van der Waals surface area contributed by atoms with Gasteiger partial charge in [-0.1, -0.05) is 0 Å². The highest BCUT2D eigenvalue weighted by atomic mass is 19.1. The molecule has 1 saturated heterocycles. The summed E-state index contributed by atoms with van der Waals surface area (Å²) < 4.78 is 16.4. The molecular formula is C18H19FN2O4. The van der Waals surface area contributed by atoms with Crippen LogP contribution in [-0.4, -0.2) is 38.9 Å². The Morgan fingerprint density at radius 3 is 2.56 bits per heavy atom. The summed E-state index contributed by atoms with van der Waals surface area (Å²) in [6, 6.07) is 2.61. The van der Waals surface area contributed by atoms with E-state index in [-0.39, 0.29) is 23.0 Å². The topological polar surface area (TPSA) is 82.8 Å². The quantitative estimate of drug-likeness (QED) is 0.890. The third-order valence-electron chi connectivity index (χ3n) is 5.44. The third-order valence-corrected chi connectivity index (χ3v) is 5.44. The Balaban J connectivity index is 1.94. The van der Waals surface area contributed by atoms with Gasteiger partial charge in [0.25, 0.3) is 0 Å². The molecule has 2 aliphatic rings. The number of carboxylic acids is 1. The van der Waals surface area contributed by atoms with Crippen LogP contribution in [0.3, 0.4) is 0 Å². The fourth-order valence-corrected chi connectivity index (χ4v) is 3.52. The lowest BCUT2D eigenvalue weighted by atomic mass is 9.86. The van der Waals surface area contributed by atoms with E-state index >= 15 is 0 Å². The van der Waals surface area contributed by atoms with Crippen molar-refractivity contribution in [3.8, 4) is 0 Å². The van der Waals surface area contributed by atoms with Gasteiger partial charge in [0, 0.05) is 24.2 Å². The van der Waals surface area contributed by atoms with Crippen LogP contribution in [0.15, 0.2) is 23.1 Å². The molecule has 1 aliphatic heterocycles. The minimum atomic E-state index is -1.31. The molecule has 0 bridgehead atoms. The molecule has 6 nitrogen and oxygen atoms in total. The number of benzene rings is 1. The molecule has 0 radical (unpaired) electrons. The molecule has 2 fully saturated rings. The van der Waals surface area contributed by atoms with Crippen molar-refractivity contribution < 1.29 is 19.4 Å². The number of carboxylic acid groups (broad SMARTS) is 1. The van der Waals surface area contributed by atoms with Crippen LogP contribution in [0.1, 0.15) is 43.1 Å². The number of hydrogen-bond donors (Lipinski definition) is 2. The van der Waals surface area contributed by atoms with Gasteiger partial charge in [0.2, 0.25) is 5.43 Å². The number of aliphatic hydroxyl groups is 1. The van der Waals surface area contributed by atoms with Crippen molar-refractivity contribution in [2.75, 3.05) is 11.4 Å². The number of aromatic nitrogens is 1. The van der Waals surface area contributed by atoms with Gasteiger partial charge in [0.05, 0.1) is 22.8 Å². The number of nitrogens with zero attached hydrogens (tertiary/aromatic N) is 2. The van der Waals surface area contributed by atoms with E-state index in [4.69, 9.17) is 0 Å². The molecule has 2 N–H and O–H groups in total. The van der Waals surface area contributed by atoms with Crippen LogP contribution in [-0.2, 0) is 0 Å². The average Bonchev–Trinajstić information content (AvgIpc) is 3.37. The summed E-state index contributed by atoms with van der Waals surface area (Å²) >= 11 is 0. The van der Waals surface area contributed by atoms with Crippen LogP contribution in [0.5, 0.6) is 0 Å². The van der Waals surface area contributed by atoms with E-state index < -0.39 is 22.8 Å². The van der Waals surface area contributed by atoms with Crippen molar-refractivity contribution in [1.82, 2.24) is 4.57 Å². The predicted octanol–water partition coefficient (Wildman–Crippen LogP) is 2.13. The van der Waals surface area contributed by atoms with Gasteiger partial charge in [-0.05, 0) is 38.8 Å². The smallest absolute Gasteiger partial charge is 0.341 e. The zero-order valence-corrected chi connectivity index (χ0v) is 14.0. The number of fused-ring (bicyclic) bond motifs is 1. The lowest BCUT2D eigenvalue weighted by Gasteiger charge is -2.52. The van der Waals surface area contributed by atoms with Gasteiger partial charge >= 0.3 is 5.97 Å². The van der Waals surface area contributed by atoms with E-state index in [1.54, 1.807) is 22.5 Å². The van der Waals surface area contributed by atoms with E-state index in [0.717, 1.165) is 18.9 Å². The first-order chi connectivity index (χ1) is 11.7. The maximum absolute atomic E-state index is 14.7. The monoisotopic (exact) mass is 346 g/mol. The second kappa shape index (κ2) is 5.05. The van der Waals surface area contributed by atoms with Gasteiger partial charge in [-0.15, -0.1) is 0 Å². The first-order valence-electron chi connectivity index (χ1n) is 8.31. The number of anilines is 1. The zero-order chi connectivity index (χ0) is 18.1. The lowest BCUT2D eigenvalue weighted by molar-refractivity contribution is -0.00827. The Morgan fingerprint density at radius 1 is 1.36 bits per heavy atom. The van der Waals surface area contributed by atoms with Gasteiger partial charge in [0.1, 0.15) is 11.4 Å². The highest BCUT2D eigenvalue weighted by Gasteiger charge is 2.45. The van der Waals surface area contributed by atoms with Crippen LogP contribution in [0, 0.1) is 5.82 Å². The van der Waals surface area contributed by atoms with Gasteiger partial charge in [-0.25, -0.2) is 9.18 Å². The van der Waals surface area contributed by atoms with Crippen LogP contribution in [0.4, 0.5) is 10.1 Å². The standard InChI is InChI=1S/C18H19FN2O4/c1-9-18(2,25)8-21(9)15-6-14-11(5-13(15)19)16(22)12(17(23)24)7-20(14)10-3-4-10/h5-7,9-10,25H,3-4,8H2,1-2H3,(H,23,24)/t9-,18+/m1/s1. The van der Waals surface area contributed by atoms with Crippen molar-refractivity contribution in [2.24, 2.45) is 0 Å². The van der Waals surface area contributed by atoms with Crippen molar-refractivity contribution in [3.05, 3.63) is 39.9 Å². The summed E-state index contributed by atoms with van der Waals surface area (Å²) in [5.41, 5.74) is -1.04. The summed E-state index contributed by atoms with van der Waals surface area (Å²) in [5, 5.41) is 19.5. The molecule has 0 spiro atoms. The summed E-state index contributed by atoms with van der Waals surface area (Å²) in [4.78, 5) is 25.5. The van der Waals surface area contributed by atoms with E-state index in [9.17, 15) is 24.2 Å². The fraction of sp³-hybridized carbons (Fsp3) is 0.444. The Morgan fingerprint density at radius 2 is 2.04 bits per heavy atom. The first kappa shape index (κ1) is 16.1. The van der Waals surface area contributed by atoms with Crippen LogP contribution >= 0.6 is 0 Å². The van der Waals surface area contributed by atoms with Gasteiger partial charge in [-0.2, -0.15) is 0 Å². The van der Waals surface area contributed by atoms with Gasteiger partial charge < -0.3 is 19.7 Å². The van der Waals surface area contributed by atoms with Gasteiger partial charge in [-0.3, -0.25) is 4.79 Å². The molecule has 0 amide bonds. The van der Waals surface area contributed by atoms with Crippen molar-refractivity contribution >= 4 is 22.6 Å². The highest BCUT2D eigenvalue weighted by Crippen LogP contribution is 2.40. The number of β-amino-alcohol motifs (C(OH)–C–C–N with tert-alkyl or cyclic N) is 1. The normalized spacial score (nSPS) is 25.9. The Hall–Kier alpha value is -2.41. The van der Waals surface area contributed by atoms with Crippen LogP contribution in [0.25, 0.3) is 10.9 Å². The molecular weight excluding hydrogens is 327 g/mol. The molecule has 0 unspecified atom stereocenters. The SMILES string of the molecule is C[C@H]1N(c2cc3c(cc2F)c(=O)c(C(=O)O)cn3C2CC2)C[C@]1(C)O. The molecule has 132 valence electrons. The Labute approximate surface area is 143 Å². The summed E-state index contributed by atoms with van der Waals surface area (Å²) in [6.45, 7) is 3.82. The molecule has 1 aliphatic carbocycles. The zero-order valence-electron chi connectivity index (χ0n) is 14.0. The molecule has 25 heavy (non-hydrogen) atoms. The number of aromatic carboxylic acids is 1. The molecule has 2 atom stereocenters. The van der Waals surface area contributed by atoms with E-state index in [2.05, 4.69) is 0 Å². The maximum Gasteiger partial charge on any atom is 0.341 e. The summed E-state index contributed by atoms with van der Waals surface area (Å²) in [7, 11) is 0. The summed E-state index contributed by atoms with van der Waals surface area (Å²) in [5.74, 6) is -1.89. The Kier molecular flexibility index (Phi) is 3.25. The molecule has 2 heterocycles. The van der Waals surface area contributed by atoms with Gasteiger partial charge in [0.15, 0.2) is 0 Å². The molecule has 2 aromatic rings. The largest absolute Gasteiger partial charge is 0.477 e. The predicted molar refractivity (Wildman–Crippen MR) is 90.8 cm³/mol. The average molecular weight is 346 g/mol. The number of rotatable bonds is 3. The van der Waals surface area contributed by atoms with E-state index in [0.29, 0.717) is 17.7 Å². The number of halogens is 1. The van der Waals surface area contributed by atoms with E-state index in [1.807, 2.05) is 6.92 Å². The maximum atomic E-state index is 14.7. The van der Waals surface area contributed by atoms with Crippen LogP contribution in [0.2, 0.25) is 0 Å². The van der Waals surface area contributed by atoms with Crippen molar-refractivity contribution in [1.29, 1.82) is 0 Å². The summed E-state index contributed by atoms with van der Waals surface area (Å²) in [6.07, 6.45) is 3.17. The van der Waals surface area contributed by atoms with Crippen LogP contribution < -0.4 is 10.3 Å². The molecule has 4 rings (SSSR count). The minimum Gasteiger partial charge on any atom is -0.477 e. The number of carbonyl (C=O) groups is 1. The van der Waals surface area contributed by atoms with Crippen molar-refractivity contribution in [3.63, 3.8) is 0 Å². The molecule has 1 saturated carbocycles. The molecule has 1 aromatic carbocycles. The first-order valence-corrected chi connectivity index (χ1v) is 8.31. The second-order valence-electron chi connectivity index (χ2n) is 7.30. The molecule has 1 aromatic heterocycles.